The summed E-state index contributed by atoms with van der Waals surface area (Å²) in [5.74, 6) is 0.206. The largest absolute Gasteiger partial charge is 0.300 e. The van der Waals surface area contributed by atoms with Gasteiger partial charge in [0.1, 0.15) is 0 Å². The molecule has 1 heterocycles. The molecule has 2 aromatic carbocycles. The molecule has 0 bridgehead atoms. The van der Waals surface area contributed by atoms with E-state index in [9.17, 15) is 4.79 Å². The second-order valence-corrected chi connectivity index (χ2v) is 7.89. The quantitative estimate of drug-likeness (QED) is 0.559. The van der Waals surface area contributed by atoms with E-state index in [1.165, 1.54) is 24.8 Å². The second kappa shape index (κ2) is 9.84. The van der Waals surface area contributed by atoms with Gasteiger partial charge in [-0.3, -0.25) is 9.69 Å². The summed E-state index contributed by atoms with van der Waals surface area (Å²) in [5, 5.41) is 0. The molecule has 136 valence electrons. The van der Waals surface area contributed by atoms with E-state index in [1.54, 1.807) is 6.08 Å². The van der Waals surface area contributed by atoms with Crippen LogP contribution in [0.1, 0.15) is 36.8 Å². The number of piperidine rings is 1. The molecule has 0 radical (unpaired) electrons. The van der Waals surface area contributed by atoms with Gasteiger partial charge in [-0.1, -0.05) is 70.9 Å². The third-order valence-electron chi connectivity index (χ3n) is 5.04. The van der Waals surface area contributed by atoms with Crippen LogP contribution in [0.3, 0.4) is 0 Å². The minimum absolute atomic E-state index is 0.206. The van der Waals surface area contributed by atoms with Crippen molar-refractivity contribution >= 4 is 27.8 Å². The van der Waals surface area contributed by atoms with Crippen LogP contribution in [0.15, 0.2) is 65.1 Å². The number of likely N-dealkylation sites (tertiary alicyclic amines) is 1. The van der Waals surface area contributed by atoms with Crippen molar-refractivity contribution in [3.8, 4) is 0 Å². The molecule has 0 spiro atoms. The Morgan fingerprint density at radius 3 is 2.62 bits per heavy atom. The maximum Gasteiger partial charge on any atom is 0.156 e. The number of allylic oxidation sites excluding steroid dienone is 1. The van der Waals surface area contributed by atoms with Crippen LogP contribution in [0.2, 0.25) is 0 Å². The monoisotopic (exact) mass is 411 g/mol. The lowest BCUT2D eigenvalue weighted by atomic mass is 9.95. The first-order valence-corrected chi connectivity index (χ1v) is 10.2. The van der Waals surface area contributed by atoms with Crippen molar-refractivity contribution in [2.45, 2.75) is 38.1 Å². The molecule has 1 aliphatic heterocycles. The summed E-state index contributed by atoms with van der Waals surface area (Å²) in [4.78, 5) is 14.8. The van der Waals surface area contributed by atoms with Crippen LogP contribution in [-0.2, 0) is 11.2 Å². The Morgan fingerprint density at radius 1 is 1.08 bits per heavy atom. The van der Waals surface area contributed by atoms with Crippen molar-refractivity contribution in [1.29, 1.82) is 0 Å². The third kappa shape index (κ3) is 5.93. The first kappa shape index (κ1) is 19.1. The van der Waals surface area contributed by atoms with E-state index >= 15 is 0 Å². The van der Waals surface area contributed by atoms with Gasteiger partial charge in [0.05, 0.1) is 0 Å². The molecule has 2 nitrogen and oxygen atoms in total. The number of nitrogens with zero attached hydrogens (tertiary/aromatic N) is 1. The van der Waals surface area contributed by atoms with Gasteiger partial charge in [-0.2, -0.15) is 0 Å². The van der Waals surface area contributed by atoms with E-state index in [4.69, 9.17) is 0 Å². The molecular weight excluding hydrogens is 386 g/mol. The fourth-order valence-electron chi connectivity index (χ4n) is 3.57. The lowest BCUT2D eigenvalue weighted by molar-refractivity contribution is -0.115. The first-order valence-electron chi connectivity index (χ1n) is 9.45. The molecular formula is C23H26BrNO. The van der Waals surface area contributed by atoms with E-state index in [1.807, 2.05) is 30.3 Å². The molecule has 1 atom stereocenters. The SMILES string of the molecule is O=C(C=Cc1ccc(Br)cc1)CCN1CCCCC1Cc1ccccc1. The van der Waals surface area contributed by atoms with Crippen LogP contribution in [0.5, 0.6) is 0 Å². The Labute approximate surface area is 165 Å². The first-order chi connectivity index (χ1) is 12.7. The summed E-state index contributed by atoms with van der Waals surface area (Å²) in [6.07, 6.45) is 9.09. The van der Waals surface area contributed by atoms with E-state index in [2.05, 4.69) is 51.2 Å². The van der Waals surface area contributed by atoms with Crippen molar-refractivity contribution in [3.63, 3.8) is 0 Å². The fraction of sp³-hybridized carbons (Fsp3) is 0.348. The number of rotatable bonds is 7. The average molecular weight is 412 g/mol. The Hall–Kier alpha value is -1.71. The highest BCUT2D eigenvalue weighted by Crippen LogP contribution is 2.21. The van der Waals surface area contributed by atoms with E-state index < -0.39 is 0 Å². The van der Waals surface area contributed by atoms with Crippen LogP contribution in [-0.4, -0.2) is 29.8 Å². The standard InChI is InChI=1S/C23H26BrNO/c24-21-12-9-19(10-13-21)11-14-23(26)15-17-25-16-5-4-8-22(25)18-20-6-2-1-3-7-20/h1-3,6-7,9-14,22H,4-5,8,15-18H2. The van der Waals surface area contributed by atoms with Crippen LogP contribution in [0.25, 0.3) is 6.08 Å². The Morgan fingerprint density at radius 2 is 1.85 bits per heavy atom. The maximum absolute atomic E-state index is 12.3. The molecule has 26 heavy (non-hydrogen) atoms. The molecule has 1 fully saturated rings. The van der Waals surface area contributed by atoms with Gasteiger partial charge in [0.15, 0.2) is 5.78 Å². The number of hydrogen-bond donors (Lipinski definition) is 0. The number of carbonyl (C=O) groups is 1. The van der Waals surface area contributed by atoms with Crippen LogP contribution in [0, 0.1) is 0 Å². The number of benzene rings is 2. The van der Waals surface area contributed by atoms with Gasteiger partial charge in [0, 0.05) is 23.5 Å². The lowest BCUT2D eigenvalue weighted by Crippen LogP contribution is -2.41. The molecule has 0 aliphatic carbocycles. The van der Waals surface area contributed by atoms with E-state index in [-0.39, 0.29) is 5.78 Å². The Kier molecular flexibility index (Phi) is 7.22. The fourth-order valence-corrected chi connectivity index (χ4v) is 3.84. The Balaban J connectivity index is 1.51. The van der Waals surface area contributed by atoms with Gasteiger partial charge in [-0.15, -0.1) is 0 Å². The average Bonchev–Trinajstić information content (AvgIpc) is 2.68. The van der Waals surface area contributed by atoms with Gasteiger partial charge in [0.2, 0.25) is 0 Å². The summed E-state index contributed by atoms with van der Waals surface area (Å²) in [7, 11) is 0. The van der Waals surface area contributed by atoms with Crippen LogP contribution in [0.4, 0.5) is 0 Å². The minimum Gasteiger partial charge on any atom is -0.300 e. The van der Waals surface area contributed by atoms with Crippen molar-refractivity contribution in [2.24, 2.45) is 0 Å². The molecule has 1 unspecified atom stereocenters. The molecule has 2 aromatic rings. The molecule has 0 saturated carbocycles. The van der Waals surface area contributed by atoms with Crippen LogP contribution >= 0.6 is 15.9 Å². The normalized spacial score (nSPS) is 18.3. The van der Waals surface area contributed by atoms with Gasteiger partial charge < -0.3 is 0 Å². The van der Waals surface area contributed by atoms with Crippen molar-refractivity contribution < 1.29 is 4.79 Å². The predicted molar refractivity (Wildman–Crippen MR) is 112 cm³/mol. The van der Waals surface area contributed by atoms with Gasteiger partial charge in [-0.05, 0) is 55.1 Å². The highest BCUT2D eigenvalue weighted by molar-refractivity contribution is 9.10. The smallest absolute Gasteiger partial charge is 0.156 e. The van der Waals surface area contributed by atoms with Crippen molar-refractivity contribution in [1.82, 2.24) is 4.90 Å². The summed E-state index contributed by atoms with van der Waals surface area (Å²) in [6, 6.07) is 19.3. The summed E-state index contributed by atoms with van der Waals surface area (Å²) < 4.78 is 1.05. The lowest BCUT2D eigenvalue weighted by Gasteiger charge is -2.35. The molecule has 3 heteroatoms. The zero-order valence-electron chi connectivity index (χ0n) is 15.1. The zero-order valence-corrected chi connectivity index (χ0v) is 16.7. The molecule has 0 aromatic heterocycles. The van der Waals surface area contributed by atoms with Gasteiger partial charge in [0.25, 0.3) is 0 Å². The number of halogens is 1. The summed E-state index contributed by atoms with van der Waals surface area (Å²) in [6.45, 7) is 1.97. The van der Waals surface area contributed by atoms with E-state index in [0.717, 1.165) is 29.5 Å². The van der Waals surface area contributed by atoms with Gasteiger partial charge in [-0.25, -0.2) is 0 Å². The maximum atomic E-state index is 12.3. The zero-order chi connectivity index (χ0) is 18.2. The topological polar surface area (TPSA) is 20.3 Å². The summed E-state index contributed by atoms with van der Waals surface area (Å²) in [5.41, 5.74) is 2.45. The molecule has 0 amide bonds. The van der Waals surface area contributed by atoms with Crippen molar-refractivity contribution in [3.05, 3.63) is 76.3 Å². The summed E-state index contributed by atoms with van der Waals surface area (Å²) >= 11 is 3.43. The third-order valence-corrected chi connectivity index (χ3v) is 5.57. The Bertz CT molecular complexity index is 724. The minimum atomic E-state index is 0.206. The van der Waals surface area contributed by atoms with Crippen LogP contribution < -0.4 is 0 Å². The molecule has 0 N–H and O–H groups in total. The number of hydrogen-bond acceptors (Lipinski definition) is 2. The highest BCUT2D eigenvalue weighted by Gasteiger charge is 2.22. The molecule has 1 saturated heterocycles. The second-order valence-electron chi connectivity index (χ2n) is 6.98. The van der Waals surface area contributed by atoms with E-state index in [0.29, 0.717) is 12.5 Å². The number of ketones is 1. The molecule has 3 rings (SSSR count). The van der Waals surface area contributed by atoms with Gasteiger partial charge >= 0.3 is 0 Å². The molecule has 1 aliphatic rings. The van der Waals surface area contributed by atoms with Crippen molar-refractivity contribution in [2.75, 3.05) is 13.1 Å². The highest BCUT2D eigenvalue weighted by atomic mass is 79.9. The predicted octanol–water partition coefficient (Wildman–Crippen LogP) is 5.52. The number of carbonyl (C=O) groups excluding carboxylic acids is 1.